The van der Waals surface area contributed by atoms with Gasteiger partial charge in [0.1, 0.15) is 0 Å². The molecular formula is C20H21F3N4O2S. The van der Waals surface area contributed by atoms with E-state index in [0.717, 1.165) is 12.1 Å². The molecular weight excluding hydrogens is 417 g/mol. The second-order valence-electron chi connectivity index (χ2n) is 6.68. The van der Waals surface area contributed by atoms with Crippen LogP contribution in [0, 0.1) is 0 Å². The topological polar surface area (TPSA) is 76.0 Å². The van der Waals surface area contributed by atoms with Gasteiger partial charge in [0.15, 0.2) is 0 Å². The SMILES string of the molecule is CCNS(=O)(=O)c1ccc(NCc2ccc(C(F)(F)F)cc2)c(-c2cn(C)cn2)c1. The number of aryl methyl sites for hydroxylation is 1. The van der Waals surface area contributed by atoms with Gasteiger partial charge in [-0.05, 0) is 35.9 Å². The second kappa shape index (κ2) is 8.49. The Hall–Kier alpha value is -2.85. The van der Waals surface area contributed by atoms with E-state index < -0.39 is 21.8 Å². The van der Waals surface area contributed by atoms with E-state index in [1.807, 2.05) is 0 Å². The molecule has 0 aliphatic rings. The van der Waals surface area contributed by atoms with Gasteiger partial charge >= 0.3 is 6.18 Å². The minimum Gasteiger partial charge on any atom is -0.380 e. The van der Waals surface area contributed by atoms with Crippen LogP contribution in [0.3, 0.4) is 0 Å². The lowest BCUT2D eigenvalue weighted by molar-refractivity contribution is -0.137. The lowest BCUT2D eigenvalue weighted by Crippen LogP contribution is -2.23. The van der Waals surface area contributed by atoms with Crippen LogP contribution in [0.15, 0.2) is 59.9 Å². The fourth-order valence-electron chi connectivity index (χ4n) is 2.89. The summed E-state index contributed by atoms with van der Waals surface area (Å²) < 4.78 is 67.1. The van der Waals surface area contributed by atoms with E-state index in [9.17, 15) is 21.6 Å². The van der Waals surface area contributed by atoms with Crippen molar-refractivity contribution in [2.75, 3.05) is 11.9 Å². The summed E-state index contributed by atoms with van der Waals surface area (Å²) in [5.74, 6) is 0. The molecule has 3 rings (SSSR count). The standard InChI is InChI=1S/C20H21F3N4O2S/c1-3-26-30(28,29)16-8-9-18(17(10-16)19-12-27(2)13-25-19)24-11-14-4-6-15(7-5-14)20(21,22)23/h4-10,12-13,24,26H,3,11H2,1-2H3. The number of aromatic nitrogens is 2. The number of imidazole rings is 1. The Morgan fingerprint density at radius 1 is 1.10 bits per heavy atom. The number of nitrogens with one attached hydrogen (secondary N) is 2. The Bertz CT molecular complexity index is 1120. The molecule has 0 radical (unpaired) electrons. The quantitative estimate of drug-likeness (QED) is 0.584. The van der Waals surface area contributed by atoms with Crippen molar-refractivity contribution < 1.29 is 21.6 Å². The second-order valence-corrected chi connectivity index (χ2v) is 8.45. The van der Waals surface area contributed by atoms with Crippen LogP contribution < -0.4 is 10.0 Å². The van der Waals surface area contributed by atoms with Gasteiger partial charge in [-0.1, -0.05) is 19.1 Å². The minimum atomic E-state index is -4.38. The van der Waals surface area contributed by atoms with Gasteiger partial charge in [0, 0.05) is 37.6 Å². The van der Waals surface area contributed by atoms with Gasteiger partial charge in [-0.25, -0.2) is 18.1 Å². The van der Waals surface area contributed by atoms with Crippen molar-refractivity contribution >= 4 is 15.7 Å². The zero-order chi connectivity index (χ0) is 21.9. The first kappa shape index (κ1) is 21.8. The molecule has 0 unspecified atom stereocenters. The summed E-state index contributed by atoms with van der Waals surface area (Å²) in [5, 5.41) is 3.16. The van der Waals surface area contributed by atoms with Gasteiger partial charge in [-0.15, -0.1) is 0 Å². The summed E-state index contributed by atoms with van der Waals surface area (Å²) in [5.41, 5.74) is 1.70. The van der Waals surface area contributed by atoms with Crippen LogP contribution in [-0.2, 0) is 29.8 Å². The van der Waals surface area contributed by atoms with Gasteiger partial charge in [-0.2, -0.15) is 13.2 Å². The maximum absolute atomic E-state index is 12.7. The number of anilines is 1. The Labute approximate surface area is 172 Å². The van der Waals surface area contributed by atoms with Crippen molar-refractivity contribution in [2.24, 2.45) is 7.05 Å². The fraction of sp³-hybridized carbons (Fsp3) is 0.250. The molecule has 0 aliphatic heterocycles. The van der Waals surface area contributed by atoms with Crippen LogP contribution in [0.1, 0.15) is 18.1 Å². The lowest BCUT2D eigenvalue weighted by atomic mass is 10.1. The van der Waals surface area contributed by atoms with E-state index in [0.29, 0.717) is 22.5 Å². The monoisotopic (exact) mass is 438 g/mol. The molecule has 3 aromatic rings. The molecule has 2 N–H and O–H groups in total. The summed E-state index contributed by atoms with van der Waals surface area (Å²) in [6.45, 7) is 2.21. The Morgan fingerprint density at radius 3 is 2.37 bits per heavy atom. The summed E-state index contributed by atoms with van der Waals surface area (Å²) in [6, 6.07) is 9.49. The number of nitrogens with zero attached hydrogens (tertiary/aromatic N) is 2. The Kier molecular flexibility index (Phi) is 6.18. The van der Waals surface area contributed by atoms with Crippen LogP contribution >= 0.6 is 0 Å². The minimum absolute atomic E-state index is 0.102. The van der Waals surface area contributed by atoms with Gasteiger partial charge < -0.3 is 9.88 Å². The molecule has 160 valence electrons. The highest BCUT2D eigenvalue weighted by Gasteiger charge is 2.29. The zero-order valence-electron chi connectivity index (χ0n) is 16.4. The number of hydrogen-bond acceptors (Lipinski definition) is 4. The highest BCUT2D eigenvalue weighted by atomic mass is 32.2. The first-order valence-electron chi connectivity index (χ1n) is 9.12. The van der Waals surface area contributed by atoms with Crippen molar-refractivity contribution in [2.45, 2.75) is 24.5 Å². The van der Waals surface area contributed by atoms with Crippen LogP contribution in [0.25, 0.3) is 11.3 Å². The predicted octanol–water partition coefficient (Wildman–Crippen LogP) is 4.02. The lowest BCUT2D eigenvalue weighted by Gasteiger charge is -2.14. The third-order valence-corrected chi connectivity index (χ3v) is 5.92. The normalized spacial score (nSPS) is 12.2. The summed E-state index contributed by atoms with van der Waals surface area (Å²) in [6.07, 6.45) is -1.03. The smallest absolute Gasteiger partial charge is 0.380 e. The molecule has 0 aliphatic carbocycles. The number of rotatable bonds is 7. The number of halogens is 3. The first-order valence-corrected chi connectivity index (χ1v) is 10.6. The highest BCUT2D eigenvalue weighted by molar-refractivity contribution is 7.89. The first-order chi connectivity index (χ1) is 14.1. The van der Waals surface area contributed by atoms with E-state index in [1.54, 1.807) is 37.1 Å². The van der Waals surface area contributed by atoms with Crippen molar-refractivity contribution in [3.8, 4) is 11.3 Å². The van der Waals surface area contributed by atoms with E-state index >= 15 is 0 Å². The summed E-state index contributed by atoms with van der Waals surface area (Å²) >= 11 is 0. The number of sulfonamides is 1. The van der Waals surface area contributed by atoms with E-state index in [2.05, 4.69) is 15.0 Å². The molecule has 0 saturated heterocycles. The van der Waals surface area contributed by atoms with Gasteiger partial charge in [0.25, 0.3) is 0 Å². The molecule has 0 atom stereocenters. The number of hydrogen-bond donors (Lipinski definition) is 2. The van der Waals surface area contributed by atoms with Gasteiger partial charge in [0.05, 0.1) is 22.5 Å². The average Bonchev–Trinajstić information content (AvgIpc) is 3.12. The molecule has 2 aromatic carbocycles. The number of benzene rings is 2. The van der Waals surface area contributed by atoms with Crippen molar-refractivity contribution in [3.63, 3.8) is 0 Å². The highest BCUT2D eigenvalue weighted by Crippen LogP contribution is 2.31. The van der Waals surface area contributed by atoms with Gasteiger partial charge in [0.2, 0.25) is 10.0 Å². The molecule has 0 saturated carbocycles. The Morgan fingerprint density at radius 2 is 1.80 bits per heavy atom. The van der Waals surface area contributed by atoms with Crippen LogP contribution in [-0.4, -0.2) is 24.5 Å². The van der Waals surface area contributed by atoms with Crippen molar-refractivity contribution in [3.05, 3.63) is 66.1 Å². The largest absolute Gasteiger partial charge is 0.416 e. The molecule has 1 heterocycles. The molecule has 0 bridgehead atoms. The summed E-state index contributed by atoms with van der Waals surface area (Å²) in [4.78, 5) is 4.39. The molecule has 6 nitrogen and oxygen atoms in total. The van der Waals surface area contributed by atoms with Crippen molar-refractivity contribution in [1.29, 1.82) is 0 Å². The van der Waals surface area contributed by atoms with Crippen LogP contribution in [0.2, 0.25) is 0 Å². The van der Waals surface area contributed by atoms with E-state index in [-0.39, 0.29) is 18.0 Å². The Balaban J connectivity index is 1.90. The molecule has 1 aromatic heterocycles. The number of alkyl halides is 3. The molecule has 0 fully saturated rings. The molecule has 30 heavy (non-hydrogen) atoms. The molecule has 0 amide bonds. The van der Waals surface area contributed by atoms with E-state index in [4.69, 9.17) is 0 Å². The fourth-order valence-corrected chi connectivity index (χ4v) is 3.96. The van der Waals surface area contributed by atoms with E-state index in [1.165, 1.54) is 24.3 Å². The molecule has 10 heteroatoms. The predicted molar refractivity (Wildman–Crippen MR) is 108 cm³/mol. The zero-order valence-corrected chi connectivity index (χ0v) is 17.2. The third-order valence-electron chi connectivity index (χ3n) is 4.38. The van der Waals surface area contributed by atoms with Crippen molar-refractivity contribution in [1.82, 2.24) is 14.3 Å². The van der Waals surface area contributed by atoms with Gasteiger partial charge in [-0.3, -0.25) is 0 Å². The van der Waals surface area contributed by atoms with Crippen LogP contribution in [0.5, 0.6) is 0 Å². The summed E-state index contributed by atoms with van der Waals surface area (Å²) in [7, 11) is -1.86. The maximum atomic E-state index is 12.7. The van der Waals surface area contributed by atoms with Crippen LogP contribution in [0.4, 0.5) is 18.9 Å². The molecule has 0 spiro atoms. The third kappa shape index (κ3) is 5.00. The average molecular weight is 438 g/mol. The maximum Gasteiger partial charge on any atom is 0.416 e.